The first-order chi connectivity index (χ1) is 11.1. The molecule has 0 fully saturated rings. The Balaban J connectivity index is 2.01. The highest BCUT2D eigenvalue weighted by molar-refractivity contribution is 5.88. The van der Waals surface area contributed by atoms with Crippen molar-refractivity contribution >= 4 is 17.3 Å². The molecule has 0 spiro atoms. The Hall–Kier alpha value is -2.82. The first kappa shape index (κ1) is 15.1. The highest BCUT2D eigenvalue weighted by Crippen LogP contribution is 2.21. The second-order valence-corrected chi connectivity index (χ2v) is 5.47. The van der Waals surface area contributed by atoms with Crippen molar-refractivity contribution in [1.82, 2.24) is 9.38 Å². The second-order valence-electron chi connectivity index (χ2n) is 5.47. The minimum absolute atomic E-state index is 0.220. The summed E-state index contributed by atoms with van der Waals surface area (Å²) >= 11 is 0. The smallest absolute Gasteiger partial charge is 0.354 e. The highest BCUT2D eigenvalue weighted by Gasteiger charge is 2.16. The molecule has 3 aromatic rings. The van der Waals surface area contributed by atoms with E-state index in [4.69, 9.17) is 0 Å². The van der Waals surface area contributed by atoms with Gasteiger partial charge in [0.1, 0.15) is 5.65 Å². The summed E-state index contributed by atoms with van der Waals surface area (Å²) in [6.45, 7) is 5.41. The minimum Gasteiger partial charge on any atom is -0.477 e. The third-order valence-corrected chi connectivity index (χ3v) is 3.94. The van der Waals surface area contributed by atoms with Gasteiger partial charge in [-0.15, -0.1) is 0 Å². The summed E-state index contributed by atoms with van der Waals surface area (Å²) in [7, 11) is 0. The van der Waals surface area contributed by atoms with Gasteiger partial charge in [-0.2, -0.15) is 0 Å². The van der Waals surface area contributed by atoms with Gasteiger partial charge in [0.15, 0.2) is 5.69 Å². The van der Waals surface area contributed by atoms with Crippen LogP contribution < -0.4 is 4.90 Å². The molecule has 2 heterocycles. The number of hydrogen-bond donors (Lipinski definition) is 1. The fourth-order valence-corrected chi connectivity index (χ4v) is 2.79. The van der Waals surface area contributed by atoms with Crippen molar-refractivity contribution in [2.45, 2.75) is 20.4 Å². The predicted octanol–water partition coefficient (Wildman–Crippen LogP) is 3.37. The Labute approximate surface area is 134 Å². The van der Waals surface area contributed by atoms with E-state index in [1.54, 1.807) is 11.3 Å². The fourth-order valence-electron chi connectivity index (χ4n) is 2.79. The summed E-state index contributed by atoms with van der Waals surface area (Å²) in [4.78, 5) is 18.0. The molecular weight excluding hydrogens is 290 g/mol. The van der Waals surface area contributed by atoms with Crippen LogP contribution in [0.25, 0.3) is 5.65 Å². The molecule has 1 N–H and O–H groups in total. The zero-order valence-corrected chi connectivity index (χ0v) is 13.2. The molecule has 1 aromatic carbocycles. The Morgan fingerprint density at radius 2 is 1.96 bits per heavy atom. The number of carboxylic acids is 1. The Morgan fingerprint density at radius 3 is 2.61 bits per heavy atom. The number of carboxylic acid groups (broad SMARTS) is 1. The minimum atomic E-state index is -0.960. The Morgan fingerprint density at radius 1 is 1.22 bits per heavy atom. The molecule has 0 atom stereocenters. The lowest BCUT2D eigenvalue weighted by atomic mass is 10.2. The van der Waals surface area contributed by atoms with E-state index >= 15 is 0 Å². The summed E-state index contributed by atoms with van der Waals surface area (Å²) < 4.78 is 1.65. The largest absolute Gasteiger partial charge is 0.477 e. The summed E-state index contributed by atoms with van der Waals surface area (Å²) in [5.74, 6) is -0.960. The second kappa shape index (κ2) is 6.12. The molecule has 118 valence electrons. The normalized spacial score (nSPS) is 10.9. The molecule has 23 heavy (non-hydrogen) atoms. The molecule has 0 amide bonds. The van der Waals surface area contributed by atoms with Crippen LogP contribution in [0.5, 0.6) is 0 Å². The summed E-state index contributed by atoms with van der Waals surface area (Å²) in [6.07, 6.45) is 1.85. The van der Waals surface area contributed by atoms with Gasteiger partial charge in [0.05, 0.1) is 11.4 Å². The standard InChI is InChI=1S/C18H19N3O2/c1-3-20(11-14-7-5-4-6-8-14)15-9-10-16-19-13(2)17(18(22)23)21(16)12-15/h4-10,12H,3,11H2,1-2H3,(H,22,23). The van der Waals surface area contributed by atoms with Crippen LogP contribution in [-0.2, 0) is 6.54 Å². The van der Waals surface area contributed by atoms with Crippen LogP contribution in [0.4, 0.5) is 5.69 Å². The average Bonchev–Trinajstić information content (AvgIpc) is 2.88. The number of hydrogen-bond acceptors (Lipinski definition) is 3. The molecule has 0 saturated carbocycles. The van der Waals surface area contributed by atoms with Crippen molar-refractivity contribution in [3.8, 4) is 0 Å². The van der Waals surface area contributed by atoms with Crippen LogP contribution in [0, 0.1) is 6.92 Å². The molecule has 0 bridgehead atoms. The molecule has 3 rings (SSSR count). The molecular formula is C18H19N3O2. The van der Waals surface area contributed by atoms with Gasteiger partial charge in [0.25, 0.3) is 0 Å². The topological polar surface area (TPSA) is 57.8 Å². The molecule has 0 aliphatic carbocycles. The average molecular weight is 309 g/mol. The molecule has 5 heteroatoms. The van der Waals surface area contributed by atoms with Crippen molar-refractivity contribution in [3.63, 3.8) is 0 Å². The van der Waals surface area contributed by atoms with Crippen molar-refractivity contribution in [2.24, 2.45) is 0 Å². The van der Waals surface area contributed by atoms with Gasteiger partial charge in [0, 0.05) is 19.3 Å². The highest BCUT2D eigenvalue weighted by atomic mass is 16.4. The number of carbonyl (C=O) groups is 1. The van der Waals surface area contributed by atoms with Crippen LogP contribution in [0.1, 0.15) is 28.7 Å². The van der Waals surface area contributed by atoms with Gasteiger partial charge in [-0.3, -0.25) is 4.40 Å². The Bertz CT molecular complexity index is 840. The maximum Gasteiger partial charge on any atom is 0.354 e. The zero-order valence-electron chi connectivity index (χ0n) is 13.2. The summed E-state index contributed by atoms with van der Waals surface area (Å²) in [6, 6.07) is 14.1. The fraction of sp³-hybridized carbons (Fsp3) is 0.222. The SMILES string of the molecule is CCN(Cc1ccccc1)c1ccc2nc(C)c(C(=O)O)n2c1. The lowest BCUT2D eigenvalue weighted by Gasteiger charge is -2.23. The first-order valence-corrected chi connectivity index (χ1v) is 7.61. The molecule has 0 unspecified atom stereocenters. The molecule has 5 nitrogen and oxygen atoms in total. The van der Waals surface area contributed by atoms with Crippen molar-refractivity contribution in [1.29, 1.82) is 0 Å². The van der Waals surface area contributed by atoms with E-state index in [1.807, 2.05) is 36.5 Å². The first-order valence-electron chi connectivity index (χ1n) is 7.61. The molecule has 0 radical (unpaired) electrons. The maximum atomic E-state index is 11.5. The van der Waals surface area contributed by atoms with Crippen LogP contribution >= 0.6 is 0 Å². The van der Waals surface area contributed by atoms with Crippen LogP contribution in [0.2, 0.25) is 0 Å². The van der Waals surface area contributed by atoms with Gasteiger partial charge in [-0.05, 0) is 31.5 Å². The van der Waals surface area contributed by atoms with E-state index in [9.17, 15) is 9.90 Å². The van der Waals surface area contributed by atoms with E-state index in [-0.39, 0.29) is 5.69 Å². The van der Waals surface area contributed by atoms with E-state index in [0.717, 1.165) is 18.8 Å². The Kier molecular flexibility index (Phi) is 4.02. The number of pyridine rings is 1. The van der Waals surface area contributed by atoms with Crippen LogP contribution in [0.3, 0.4) is 0 Å². The molecule has 0 aliphatic heterocycles. The number of benzene rings is 1. The maximum absolute atomic E-state index is 11.5. The van der Waals surface area contributed by atoms with E-state index in [0.29, 0.717) is 11.3 Å². The number of aromatic nitrogens is 2. The predicted molar refractivity (Wildman–Crippen MR) is 90.1 cm³/mol. The molecule has 0 aliphatic rings. The number of imidazole rings is 1. The van der Waals surface area contributed by atoms with E-state index in [2.05, 4.69) is 28.9 Å². The number of aromatic carboxylic acids is 1. The number of fused-ring (bicyclic) bond motifs is 1. The number of aryl methyl sites for hydroxylation is 1. The quantitative estimate of drug-likeness (QED) is 0.785. The monoisotopic (exact) mass is 309 g/mol. The van der Waals surface area contributed by atoms with Crippen molar-refractivity contribution in [3.05, 3.63) is 65.6 Å². The van der Waals surface area contributed by atoms with Gasteiger partial charge in [-0.1, -0.05) is 30.3 Å². The third-order valence-electron chi connectivity index (χ3n) is 3.94. The molecule has 2 aromatic heterocycles. The van der Waals surface area contributed by atoms with Crippen molar-refractivity contribution in [2.75, 3.05) is 11.4 Å². The van der Waals surface area contributed by atoms with E-state index < -0.39 is 5.97 Å². The lowest BCUT2D eigenvalue weighted by Crippen LogP contribution is -2.22. The van der Waals surface area contributed by atoms with Gasteiger partial charge >= 0.3 is 5.97 Å². The number of rotatable bonds is 5. The molecule has 0 saturated heterocycles. The van der Waals surface area contributed by atoms with Gasteiger partial charge in [0.2, 0.25) is 0 Å². The number of anilines is 1. The van der Waals surface area contributed by atoms with Crippen molar-refractivity contribution < 1.29 is 9.90 Å². The summed E-state index contributed by atoms with van der Waals surface area (Å²) in [5, 5.41) is 9.40. The van der Waals surface area contributed by atoms with Crippen LogP contribution in [-0.4, -0.2) is 27.0 Å². The zero-order chi connectivity index (χ0) is 16.4. The van der Waals surface area contributed by atoms with Gasteiger partial charge < -0.3 is 10.0 Å². The van der Waals surface area contributed by atoms with E-state index in [1.165, 1.54) is 5.56 Å². The summed E-state index contributed by atoms with van der Waals surface area (Å²) in [5.41, 5.74) is 3.59. The third kappa shape index (κ3) is 2.90. The van der Waals surface area contributed by atoms with Crippen LogP contribution in [0.15, 0.2) is 48.7 Å². The van der Waals surface area contributed by atoms with Gasteiger partial charge in [-0.25, -0.2) is 9.78 Å². The number of nitrogens with zero attached hydrogens (tertiary/aromatic N) is 3. The lowest BCUT2D eigenvalue weighted by molar-refractivity contribution is 0.0688.